The van der Waals surface area contributed by atoms with Crippen LogP contribution in [0.25, 0.3) is 0 Å². The van der Waals surface area contributed by atoms with Crippen LogP contribution in [0.15, 0.2) is 42.5 Å². The Morgan fingerprint density at radius 1 is 1.00 bits per heavy atom. The van der Waals surface area contributed by atoms with Gasteiger partial charge in [-0.25, -0.2) is 0 Å². The Labute approximate surface area is 157 Å². The lowest BCUT2D eigenvalue weighted by Crippen LogP contribution is -2.23. The Kier molecular flexibility index (Phi) is 7.67. The Balaban J connectivity index is 1.79. The van der Waals surface area contributed by atoms with Crippen molar-refractivity contribution >= 4 is 17.3 Å². The maximum atomic E-state index is 12.2. The first-order chi connectivity index (χ1) is 12.5. The van der Waals surface area contributed by atoms with Crippen LogP contribution in [0.1, 0.15) is 37.0 Å². The van der Waals surface area contributed by atoms with Crippen molar-refractivity contribution in [2.45, 2.75) is 40.7 Å². The quantitative estimate of drug-likeness (QED) is 0.662. The number of rotatable bonds is 9. The van der Waals surface area contributed by atoms with Crippen LogP contribution in [-0.2, 0) is 11.3 Å². The number of nitrogens with zero attached hydrogens (tertiary/aromatic N) is 1. The summed E-state index contributed by atoms with van der Waals surface area (Å²) < 4.78 is 0. The molecule has 2 N–H and O–H groups in total. The molecular formula is C22H31N3O. The molecule has 2 aromatic rings. The van der Waals surface area contributed by atoms with Gasteiger partial charge < -0.3 is 15.5 Å². The van der Waals surface area contributed by atoms with Gasteiger partial charge in [0, 0.05) is 44.0 Å². The van der Waals surface area contributed by atoms with E-state index in [9.17, 15) is 4.79 Å². The van der Waals surface area contributed by atoms with E-state index in [1.54, 1.807) is 0 Å². The molecule has 0 spiro atoms. The summed E-state index contributed by atoms with van der Waals surface area (Å²) in [5, 5.41) is 6.35. The Morgan fingerprint density at radius 2 is 1.69 bits per heavy atom. The summed E-state index contributed by atoms with van der Waals surface area (Å²) in [6, 6.07) is 14.7. The highest BCUT2D eigenvalue weighted by Crippen LogP contribution is 2.22. The molecular weight excluding hydrogens is 322 g/mol. The number of nitrogens with one attached hydrogen (secondary N) is 2. The van der Waals surface area contributed by atoms with Crippen LogP contribution in [0.2, 0.25) is 0 Å². The number of hydrogen-bond donors (Lipinski definition) is 2. The van der Waals surface area contributed by atoms with Gasteiger partial charge in [-0.05, 0) is 57.0 Å². The maximum absolute atomic E-state index is 12.2. The number of aryl methyl sites for hydroxylation is 2. The van der Waals surface area contributed by atoms with E-state index in [-0.39, 0.29) is 5.91 Å². The fourth-order valence-corrected chi connectivity index (χ4v) is 2.93. The highest BCUT2D eigenvalue weighted by molar-refractivity contribution is 5.91. The molecule has 2 rings (SSSR count). The molecule has 0 heterocycles. The van der Waals surface area contributed by atoms with Gasteiger partial charge >= 0.3 is 0 Å². The third kappa shape index (κ3) is 5.88. The Bertz CT molecular complexity index is 706. The normalized spacial score (nSPS) is 10.6. The first-order valence-corrected chi connectivity index (χ1v) is 9.45. The molecule has 4 nitrogen and oxygen atoms in total. The number of hydrogen-bond acceptors (Lipinski definition) is 3. The summed E-state index contributed by atoms with van der Waals surface area (Å²) >= 11 is 0. The topological polar surface area (TPSA) is 44.4 Å². The molecule has 0 unspecified atom stereocenters. The van der Waals surface area contributed by atoms with Gasteiger partial charge in [0.1, 0.15) is 0 Å². The minimum absolute atomic E-state index is 0.0418. The Hall–Kier alpha value is -2.33. The van der Waals surface area contributed by atoms with Crippen LogP contribution in [0.4, 0.5) is 11.4 Å². The monoisotopic (exact) mass is 353 g/mol. The van der Waals surface area contributed by atoms with Crippen molar-refractivity contribution in [2.75, 3.05) is 29.9 Å². The fraction of sp³-hybridized carbons (Fsp3) is 0.409. The standard InChI is InChI=1S/C22H31N3O/c1-5-25(6-2)20-11-12-21(18(4)15-20)24-22(26)13-14-23-16-19-9-7-17(3)8-10-19/h7-12,15,23H,5-6,13-14,16H2,1-4H3,(H,24,26). The summed E-state index contributed by atoms with van der Waals surface area (Å²) in [6.45, 7) is 11.8. The van der Waals surface area contributed by atoms with Crippen molar-refractivity contribution in [3.8, 4) is 0 Å². The van der Waals surface area contributed by atoms with Crippen LogP contribution in [0.3, 0.4) is 0 Å². The average Bonchev–Trinajstić information content (AvgIpc) is 2.63. The molecule has 0 saturated carbocycles. The van der Waals surface area contributed by atoms with Crippen LogP contribution >= 0.6 is 0 Å². The first-order valence-electron chi connectivity index (χ1n) is 9.45. The van der Waals surface area contributed by atoms with Gasteiger partial charge in [0.15, 0.2) is 0 Å². The highest BCUT2D eigenvalue weighted by atomic mass is 16.1. The summed E-state index contributed by atoms with van der Waals surface area (Å²) in [5.74, 6) is 0.0418. The van der Waals surface area contributed by atoms with E-state index in [4.69, 9.17) is 0 Å². The predicted molar refractivity (Wildman–Crippen MR) is 111 cm³/mol. The average molecular weight is 354 g/mol. The number of carbonyl (C=O) groups excluding carboxylic acids is 1. The first kappa shape index (κ1) is 20.0. The summed E-state index contributed by atoms with van der Waals surface area (Å²) in [5.41, 5.74) is 5.68. The zero-order valence-electron chi connectivity index (χ0n) is 16.4. The van der Waals surface area contributed by atoms with Crippen molar-refractivity contribution < 1.29 is 4.79 Å². The van der Waals surface area contributed by atoms with Crippen LogP contribution in [0, 0.1) is 13.8 Å². The van der Waals surface area contributed by atoms with Crippen molar-refractivity contribution in [3.05, 3.63) is 59.2 Å². The summed E-state index contributed by atoms with van der Waals surface area (Å²) in [4.78, 5) is 14.5. The summed E-state index contributed by atoms with van der Waals surface area (Å²) in [7, 11) is 0. The van der Waals surface area contributed by atoms with Gasteiger partial charge in [0.25, 0.3) is 0 Å². The zero-order chi connectivity index (χ0) is 18.9. The molecule has 0 aromatic heterocycles. The predicted octanol–water partition coefficient (Wildman–Crippen LogP) is 4.27. The maximum Gasteiger partial charge on any atom is 0.225 e. The zero-order valence-corrected chi connectivity index (χ0v) is 16.4. The van der Waals surface area contributed by atoms with Gasteiger partial charge in [-0.1, -0.05) is 29.8 Å². The molecule has 4 heteroatoms. The second-order valence-electron chi connectivity index (χ2n) is 6.63. The van der Waals surface area contributed by atoms with Crippen molar-refractivity contribution in [3.63, 3.8) is 0 Å². The Morgan fingerprint density at radius 3 is 2.31 bits per heavy atom. The number of benzene rings is 2. The minimum Gasteiger partial charge on any atom is -0.372 e. The summed E-state index contributed by atoms with van der Waals surface area (Å²) in [6.07, 6.45) is 0.461. The highest BCUT2D eigenvalue weighted by Gasteiger charge is 2.08. The van der Waals surface area contributed by atoms with Crippen molar-refractivity contribution in [2.24, 2.45) is 0 Å². The van der Waals surface area contributed by atoms with Crippen molar-refractivity contribution in [1.29, 1.82) is 0 Å². The van der Waals surface area contributed by atoms with Gasteiger partial charge in [-0.2, -0.15) is 0 Å². The molecule has 140 valence electrons. The largest absolute Gasteiger partial charge is 0.372 e. The van der Waals surface area contributed by atoms with E-state index < -0.39 is 0 Å². The smallest absolute Gasteiger partial charge is 0.225 e. The lowest BCUT2D eigenvalue weighted by atomic mass is 10.1. The lowest BCUT2D eigenvalue weighted by molar-refractivity contribution is -0.116. The van der Waals surface area contributed by atoms with Crippen LogP contribution in [0.5, 0.6) is 0 Å². The third-order valence-corrected chi connectivity index (χ3v) is 4.59. The van der Waals surface area contributed by atoms with Crippen molar-refractivity contribution in [1.82, 2.24) is 5.32 Å². The van der Waals surface area contributed by atoms with Crippen LogP contribution < -0.4 is 15.5 Å². The SMILES string of the molecule is CCN(CC)c1ccc(NC(=O)CCNCc2ccc(C)cc2)c(C)c1. The van der Waals surface area contributed by atoms with E-state index in [1.807, 2.05) is 13.0 Å². The molecule has 0 aliphatic carbocycles. The molecule has 0 fully saturated rings. The van der Waals surface area contributed by atoms with Gasteiger partial charge in [-0.15, -0.1) is 0 Å². The molecule has 0 atom stereocenters. The molecule has 2 aromatic carbocycles. The molecule has 0 aliphatic heterocycles. The lowest BCUT2D eigenvalue weighted by Gasteiger charge is -2.22. The van der Waals surface area contributed by atoms with E-state index in [0.29, 0.717) is 13.0 Å². The number of anilines is 2. The molecule has 0 aliphatic rings. The minimum atomic E-state index is 0.0418. The van der Waals surface area contributed by atoms with E-state index in [0.717, 1.165) is 30.9 Å². The second kappa shape index (κ2) is 9.97. The number of amides is 1. The van der Waals surface area contributed by atoms with Gasteiger partial charge in [0.2, 0.25) is 5.91 Å². The molecule has 0 saturated heterocycles. The molecule has 26 heavy (non-hydrogen) atoms. The second-order valence-corrected chi connectivity index (χ2v) is 6.63. The third-order valence-electron chi connectivity index (χ3n) is 4.59. The number of carbonyl (C=O) groups is 1. The fourth-order valence-electron chi connectivity index (χ4n) is 2.93. The molecule has 1 amide bonds. The van der Waals surface area contributed by atoms with E-state index in [1.165, 1.54) is 16.8 Å². The van der Waals surface area contributed by atoms with Gasteiger partial charge in [-0.3, -0.25) is 4.79 Å². The van der Waals surface area contributed by atoms with Gasteiger partial charge in [0.05, 0.1) is 0 Å². The molecule has 0 bridgehead atoms. The molecule has 0 radical (unpaired) electrons. The van der Waals surface area contributed by atoms with Crippen LogP contribution in [-0.4, -0.2) is 25.5 Å². The van der Waals surface area contributed by atoms with E-state index in [2.05, 4.69) is 72.7 Å². The van der Waals surface area contributed by atoms with E-state index >= 15 is 0 Å².